The summed E-state index contributed by atoms with van der Waals surface area (Å²) in [7, 11) is 0. The van der Waals surface area contributed by atoms with Crippen LogP contribution in [0.1, 0.15) is 32.1 Å². The molecule has 1 aliphatic rings. The molecule has 4 rings (SSSR count). The number of aromatic nitrogens is 2. The van der Waals surface area contributed by atoms with Crippen molar-refractivity contribution < 1.29 is 9.29 Å². The molecule has 1 aromatic heterocycles. The number of hydrogen-bond acceptors (Lipinski definition) is 6. The van der Waals surface area contributed by atoms with E-state index in [2.05, 4.69) is 34.7 Å². The van der Waals surface area contributed by atoms with Gasteiger partial charge in [-0.1, -0.05) is 35.0 Å². The van der Waals surface area contributed by atoms with E-state index in [9.17, 15) is 4.55 Å². The number of fused-ring (bicyclic) bond motifs is 1. The maximum absolute atomic E-state index is 12.9. The summed E-state index contributed by atoms with van der Waals surface area (Å²) in [5.74, 6) is 1.43. The molecule has 0 saturated carbocycles. The molecule has 2 aromatic carbocycles. The monoisotopic (exact) mass is 502 g/mol. The maximum Gasteiger partial charge on any atom is 0.224 e. The number of para-hydroxylation sites is 1. The molecule has 2 unspecified atom stereocenters. The highest BCUT2D eigenvalue weighted by molar-refractivity contribution is 9.10. The molecule has 0 spiro atoms. The third-order valence-corrected chi connectivity index (χ3v) is 7.51. The summed E-state index contributed by atoms with van der Waals surface area (Å²) in [5, 5.41) is 0.946. The number of halogens is 1. The summed E-state index contributed by atoms with van der Waals surface area (Å²) in [6.45, 7) is 7.95. The van der Waals surface area contributed by atoms with E-state index in [1.807, 2.05) is 52.8 Å². The van der Waals surface area contributed by atoms with E-state index in [1.165, 1.54) is 0 Å². The third-order valence-electron chi connectivity index (χ3n) is 5.47. The highest BCUT2D eigenvalue weighted by Crippen LogP contribution is 2.28. The van der Waals surface area contributed by atoms with Gasteiger partial charge in [0, 0.05) is 17.6 Å². The first-order valence-electron chi connectivity index (χ1n) is 10.6. The summed E-state index contributed by atoms with van der Waals surface area (Å²) in [6.07, 6.45) is 0.931. The molecule has 6 nitrogen and oxygen atoms in total. The van der Waals surface area contributed by atoms with Crippen LogP contribution in [0, 0.1) is 0 Å². The van der Waals surface area contributed by atoms with Crippen LogP contribution in [0.5, 0.6) is 5.88 Å². The third kappa shape index (κ3) is 5.21. The largest absolute Gasteiger partial charge is 0.593 e. The van der Waals surface area contributed by atoms with Crippen LogP contribution in [0.3, 0.4) is 0 Å². The molecule has 2 heterocycles. The molecule has 0 bridgehead atoms. The summed E-state index contributed by atoms with van der Waals surface area (Å²) in [4.78, 5) is 12.8. The minimum Gasteiger partial charge on any atom is -0.593 e. The summed E-state index contributed by atoms with van der Waals surface area (Å²) in [6, 6.07) is 15.7. The van der Waals surface area contributed by atoms with Gasteiger partial charge in [-0.2, -0.15) is 4.98 Å². The molecule has 1 aliphatic heterocycles. The van der Waals surface area contributed by atoms with Gasteiger partial charge in [0.25, 0.3) is 0 Å². The smallest absolute Gasteiger partial charge is 0.224 e. The van der Waals surface area contributed by atoms with Crippen LogP contribution in [0.15, 0.2) is 57.9 Å². The second-order valence-electron chi connectivity index (χ2n) is 7.60. The summed E-state index contributed by atoms with van der Waals surface area (Å²) < 4.78 is 21.9. The Bertz CT molecular complexity index is 1010. The van der Waals surface area contributed by atoms with E-state index >= 15 is 0 Å². The topological polar surface area (TPSA) is 64.5 Å². The second kappa shape index (κ2) is 10.3. The zero-order valence-electron chi connectivity index (χ0n) is 17.8. The zero-order chi connectivity index (χ0) is 21.8. The van der Waals surface area contributed by atoms with E-state index in [0.717, 1.165) is 58.7 Å². The van der Waals surface area contributed by atoms with Crippen molar-refractivity contribution >= 4 is 38.2 Å². The molecule has 31 heavy (non-hydrogen) atoms. The predicted octanol–water partition coefficient (Wildman–Crippen LogP) is 4.58. The Balaban J connectivity index is 1.46. The van der Waals surface area contributed by atoms with Crippen LogP contribution in [-0.2, 0) is 11.4 Å². The van der Waals surface area contributed by atoms with Crippen LogP contribution in [0.4, 0.5) is 0 Å². The lowest BCUT2D eigenvalue weighted by Gasteiger charge is -2.36. The molecule has 0 amide bonds. The predicted molar refractivity (Wildman–Crippen MR) is 127 cm³/mol. The lowest BCUT2D eigenvalue weighted by Crippen LogP contribution is -2.49. The minimum atomic E-state index is -1.14. The van der Waals surface area contributed by atoms with Crippen molar-refractivity contribution in [2.24, 2.45) is 0 Å². The number of benzene rings is 2. The van der Waals surface area contributed by atoms with Crippen LogP contribution < -0.4 is 4.74 Å². The fourth-order valence-electron chi connectivity index (χ4n) is 3.68. The first-order chi connectivity index (χ1) is 15.1. The number of piperazine rings is 1. The molecule has 0 aliphatic carbocycles. The molecule has 0 N–H and O–H groups in total. The standard InChI is InChI=1S/C23H27BrN4O2S/c1-3-16-30-23-20-6-4-5-7-21(20)25-22(26-23)17(2)27-12-14-28(15-13-27)31(29)19-10-8-18(24)9-11-19/h4-11,17H,3,12-16H2,1-2H3. The number of rotatable bonds is 7. The second-order valence-corrected chi connectivity index (χ2v) is 10.00. The van der Waals surface area contributed by atoms with Gasteiger partial charge in [-0.05, 0) is 49.7 Å². The van der Waals surface area contributed by atoms with Gasteiger partial charge in [-0.15, -0.1) is 4.31 Å². The molecule has 164 valence electrons. The van der Waals surface area contributed by atoms with Crippen molar-refractivity contribution in [1.29, 1.82) is 0 Å². The van der Waals surface area contributed by atoms with E-state index in [1.54, 1.807) is 0 Å². The van der Waals surface area contributed by atoms with E-state index in [-0.39, 0.29) is 6.04 Å². The molecular formula is C23H27BrN4O2S. The van der Waals surface area contributed by atoms with E-state index in [4.69, 9.17) is 14.7 Å². The Labute approximate surface area is 195 Å². The van der Waals surface area contributed by atoms with Gasteiger partial charge < -0.3 is 9.29 Å². The Hall–Kier alpha value is -1.71. The average Bonchev–Trinajstić information content (AvgIpc) is 2.82. The van der Waals surface area contributed by atoms with Gasteiger partial charge in [0.1, 0.15) is 5.82 Å². The molecule has 0 radical (unpaired) electrons. The average molecular weight is 503 g/mol. The fraction of sp³-hybridized carbons (Fsp3) is 0.391. The van der Waals surface area contributed by atoms with Crippen LogP contribution in [0.2, 0.25) is 0 Å². The highest BCUT2D eigenvalue weighted by atomic mass is 79.9. The molecule has 1 saturated heterocycles. The van der Waals surface area contributed by atoms with Crippen LogP contribution >= 0.6 is 15.9 Å². The van der Waals surface area contributed by atoms with E-state index < -0.39 is 11.4 Å². The van der Waals surface area contributed by atoms with Gasteiger partial charge in [0.2, 0.25) is 5.88 Å². The van der Waals surface area contributed by atoms with Gasteiger partial charge in [-0.25, -0.2) is 4.98 Å². The van der Waals surface area contributed by atoms with E-state index in [0.29, 0.717) is 12.5 Å². The van der Waals surface area contributed by atoms with Crippen molar-refractivity contribution in [1.82, 2.24) is 19.2 Å². The molecule has 2 atom stereocenters. The van der Waals surface area contributed by atoms with Gasteiger partial charge in [0.05, 0.1) is 48.0 Å². The quantitative estimate of drug-likeness (QED) is 0.440. The van der Waals surface area contributed by atoms with Gasteiger partial charge in [-0.3, -0.25) is 4.90 Å². The SMILES string of the molecule is CCCOc1nc(C(C)N2CCN([S+]([O-])c3ccc(Br)cc3)CC2)nc2ccccc12. The Morgan fingerprint density at radius 1 is 1.06 bits per heavy atom. The zero-order valence-corrected chi connectivity index (χ0v) is 20.2. The molecule has 3 aromatic rings. The van der Waals surface area contributed by atoms with Crippen LogP contribution in [0.25, 0.3) is 10.9 Å². The summed E-state index contributed by atoms with van der Waals surface area (Å²) in [5.41, 5.74) is 0.903. The highest BCUT2D eigenvalue weighted by Gasteiger charge is 2.30. The van der Waals surface area contributed by atoms with Crippen molar-refractivity contribution in [3.05, 3.63) is 58.8 Å². The van der Waals surface area contributed by atoms with Crippen molar-refractivity contribution in [3.8, 4) is 5.88 Å². The number of ether oxygens (including phenoxy) is 1. The number of nitrogens with zero attached hydrogens (tertiary/aromatic N) is 4. The Morgan fingerprint density at radius 2 is 1.77 bits per heavy atom. The lowest BCUT2D eigenvalue weighted by molar-refractivity contribution is 0.140. The first kappa shape index (κ1) is 22.5. The Kier molecular flexibility index (Phi) is 7.45. The lowest BCUT2D eigenvalue weighted by atomic mass is 10.2. The van der Waals surface area contributed by atoms with Crippen molar-refractivity contribution in [3.63, 3.8) is 0 Å². The molecule has 8 heteroatoms. The Morgan fingerprint density at radius 3 is 2.48 bits per heavy atom. The maximum atomic E-state index is 12.9. The van der Waals surface area contributed by atoms with Crippen LogP contribution in [-0.4, -0.2) is 56.5 Å². The van der Waals surface area contributed by atoms with Gasteiger partial charge in [0.15, 0.2) is 4.90 Å². The first-order valence-corrected chi connectivity index (χ1v) is 12.5. The van der Waals surface area contributed by atoms with Crippen molar-refractivity contribution in [2.75, 3.05) is 32.8 Å². The minimum absolute atomic E-state index is 0.0526. The molecular weight excluding hydrogens is 476 g/mol. The van der Waals surface area contributed by atoms with Gasteiger partial charge >= 0.3 is 0 Å². The van der Waals surface area contributed by atoms with Crippen molar-refractivity contribution in [2.45, 2.75) is 31.2 Å². The number of hydrogen-bond donors (Lipinski definition) is 0. The summed E-state index contributed by atoms with van der Waals surface area (Å²) >= 11 is 2.29. The normalized spacial score (nSPS) is 17.5. The molecule has 1 fully saturated rings. The fourth-order valence-corrected chi connectivity index (χ4v) is 5.11.